The molecule has 2 saturated heterocycles. The van der Waals surface area contributed by atoms with Crippen molar-refractivity contribution in [2.45, 2.75) is 50.7 Å². The lowest BCUT2D eigenvalue weighted by molar-refractivity contribution is -0.162. The van der Waals surface area contributed by atoms with Crippen LogP contribution in [0.5, 0.6) is 0 Å². The van der Waals surface area contributed by atoms with E-state index >= 15 is 0 Å². The van der Waals surface area contributed by atoms with Crippen molar-refractivity contribution in [2.24, 2.45) is 0 Å². The van der Waals surface area contributed by atoms with E-state index in [1.165, 1.54) is 0 Å². The van der Waals surface area contributed by atoms with Crippen LogP contribution in [0.4, 0.5) is 0 Å². The van der Waals surface area contributed by atoms with Gasteiger partial charge in [-0.05, 0) is 39.2 Å². The number of β-amino-alcohol motifs (C(OH)–C–C–N with tert-alkyl or cyclic N) is 1. The number of amides is 1. The molecule has 2 aliphatic heterocycles. The Kier molecular flexibility index (Phi) is 2.97. The van der Waals surface area contributed by atoms with E-state index in [1.54, 1.807) is 4.90 Å². The van der Waals surface area contributed by atoms with Gasteiger partial charge in [0.2, 0.25) is 5.91 Å². The predicted octanol–water partition coefficient (Wildman–Crippen LogP) is 0.502. The van der Waals surface area contributed by atoms with Crippen molar-refractivity contribution in [1.82, 2.24) is 10.2 Å². The summed E-state index contributed by atoms with van der Waals surface area (Å²) < 4.78 is 0. The molecular formula is C12H22N2O2. The van der Waals surface area contributed by atoms with Gasteiger partial charge >= 0.3 is 0 Å². The molecule has 4 nitrogen and oxygen atoms in total. The van der Waals surface area contributed by atoms with E-state index in [4.69, 9.17) is 0 Å². The molecule has 1 atom stereocenters. The van der Waals surface area contributed by atoms with Gasteiger partial charge in [-0.1, -0.05) is 6.92 Å². The summed E-state index contributed by atoms with van der Waals surface area (Å²) in [5, 5.41) is 13.2. The Bertz CT molecular complexity index is 279. The van der Waals surface area contributed by atoms with Crippen LogP contribution in [0.2, 0.25) is 0 Å². The standard InChI is InChI=1S/C12H22N2O2/c1-3-12(16)8-14(9-12)10(15)11(2)6-4-5-7-13-11/h13,16H,3-9H2,1-2H3. The third kappa shape index (κ3) is 1.96. The smallest absolute Gasteiger partial charge is 0.242 e. The number of hydrogen-bond acceptors (Lipinski definition) is 3. The summed E-state index contributed by atoms with van der Waals surface area (Å²) in [5.41, 5.74) is -1.02. The monoisotopic (exact) mass is 226 g/mol. The van der Waals surface area contributed by atoms with Crippen molar-refractivity contribution in [1.29, 1.82) is 0 Å². The van der Waals surface area contributed by atoms with Gasteiger partial charge in [0.15, 0.2) is 0 Å². The van der Waals surface area contributed by atoms with Gasteiger partial charge in [-0.3, -0.25) is 4.79 Å². The van der Waals surface area contributed by atoms with Crippen LogP contribution in [-0.4, -0.2) is 46.7 Å². The summed E-state index contributed by atoms with van der Waals surface area (Å²) in [6.45, 7) is 5.87. The highest BCUT2D eigenvalue weighted by Crippen LogP contribution is 2.29. The van der Waals surface area contributed by atoms with Crippen LogP contribution in [0.3, 0.4) is 0 Å². The van der Waals surface area contributed by atoms with Crippen LogP contribution in [0.1, 0.15) is 39.5 Å². The Labute approximate surface area is 97.0 Å². The largest absolute Gasteiger partial charge is 0.386 e. The van der Waals surface area contributed by atoms with Gasteiger partial charge in [-0.2, -0.15) is 0 Å². The zero-order valence-electron chi connectivity index (χ0n) is 10.3. The molecule has 16 heavy (non-hydrogen) atoms. The average Bonchev–Trinajstić information content (AvgIpc) is 2.25. The highest BCUT2D eigenvalue weighted by Gasteiger charge is 2.47. The fourth-order valence-corrected chi connectivity index (χ4v) is 2.62. The van der Waals surface area contributed by atoms with Crippen molar-refractivity contribution in [3.8, 4) is 0 Å². The summed E-state index contributed by atoms with van der Waals surface area (Å²) in [7, 11) is 0. The highest BCUT2D eigenvalue weighted by molar-refractivity contribution is 5.87. The van der Waals surface area contributed by atoms with Gasteiger partial charge < -0.3 is 15.3 Å². The molecule has 0 aliphatic carbocycles. The van der Waals surface area contributed by atoms with Crippen LogP contribution < -0.4 is 5.32 Å². The van der Waals surface area contributed by atoms with E-state index in [-0.39, 0.29) is 5.91 Å². The number of hydrogen-bond donors (Lipinski definition) is 2. The molecule has 1 amide bonds. The Balaban J connectivity index is 1.94. The zero-order valence-corrected chi connectivity index (χ0v) is 10.3. The van der Waals surface area contributed by atoms with Gasteiger partial charge in [-0.25, -0.2) is 0 Å². The lowest BCUT2D eigenvalue weighted by Gasteiger charge is -2.49. The molecule has 0 aromatic heterocycles. The summed E-state index contributed by atoms with van der Waals surface area (Å²) in [5.74, 6) is 0.158. The SMILES string of the molecule is CCC1(O)CN(C(=O)C2(C)CCCCN2)C1. The molecule has 2 rings (SSSR count). The molecule has 1 unspecified atom stereocenters. The second-order valence-electron chi connectivity index (χ2n) is 5.46. The maximum absolute atomic E-state index is 12.3. The maximum Gasteiger partial charge on any atom is 0.242 e. The Morgan fingerprint density at radius 1 is 1.44 bits per heavy atom. The topological polar surface area (TPSA) is 52.6 Å². The van der Waals surface area contributed by atoms with Gasteiger partial charge in [0, 0.05) is 0 Å². The van der Waals surface area contributed by atoms with E-state index in [0.29, 0.717) is 13.1 Å². The molecule has 0 aromatic carbocycles. The number of nitrogens with one attached hydrogen (secondary N) is 1. The summed E-state index contributed by atoms with van der Waals surface area (Å²) >= 11 is 0. The molecule has 2 fully saturated rings. The Hall–Kier alpha value is -0.610. The van der Waals surface area contributed by atoms with Crippen molar-refractivity contribution < 1.29 is 9.90 Å². The van der Waals surface area contributed by atoms with E-state index < -0.39 is 11.1 Å². The first-order valence-corrected chi connectivity index (χ1v) is 6.26. The molecule has 0 spiro atoms. The number of carbonyl (C=O) groups excluding carboxylic acids is 1. The van der Waals surface area contributed by atoms with Crippen LogP contribution in [0.15, 0.2) is 0 Å². The van der Waals surface area contributed by atoms with Crippen LogP contribution >= 0.6 is 0 Å². The van der Waals surface area contributed by atoms with E-state index in [0.717, 1.165) is 32.2 Å². The molecule has 2 N–H and O–H groups in total. The van der Waals surface area contributed by atoms with Gasteiger partial charge in [0.1, 0.15) is 0 Å². The number of nitrogens with zero attached hydrogens (tertiary/aromatic N) is 1. The fraction of sp³-hybridized carbons (Fsp3) is 0.917. The summed E-state index contributed by atoms with van der Waals surface area (Å²) in [4.78, 5) is 14.0. The molecule has 0 bridgehead atoms. The van der Waals surface area contributed by atoms with Crippen LogP contribution in [0.25, 0.3) is 0 Å². The number of likely N-dealkylation sites (tertiary alicyclic amines) is 1. The van der Waals surface area contributed by atoms with Gasteiger partial charge in [0.25, 0.3) is 0 Å². The lowest BCUT2D eigenvalue weighted by Crippen LogP contribution is -2.69. The zero-order chi connectivity index (χ0) is 11.8. The summed E-state index contributed by atoms with van der Waals surface area (Å²) in [6, 6.07) is 0. The quantitative estimate of drug-likeness (QED) is 0.721. The molecule has 0 saturated carbocycles. The predicted molar refractivity (Wildman–Crippen MR) is 62.1 cm³/mol. The Morgan fingerprint density at radius 2 is 2.12 bits per heavy atom. The third-order valence-electron chi connectivity index (χ3n) is 4.01. The average molecular weight is 226 g/mol. The van der Waals surface area contributed by atoms with Crippen LogP contribution in [-0.2, 0) is 4.79 Å². The number of rotatable bonds is 2. The second kappa shape index (κ2) is 4.00. The van der Waals surface area contributed by atoms with E-state index in [1.807, 2.05) is 13.8 Å². The normalized spacial score (nSPS) is 33.3. The van der Waals surface area contributed by atoms with Gasteiger partial charge in [0.05, 0.1) is 24.2 Å². The van der Waals surface area contributed by atoms with Gasteiger partial charge in [-0.15, -0.1) is 0 Å². The minimum absolute atomic E-state index is 0.158. The van der Waals surface area contributed by atoms with E-state index in [2.05, 4.69) is 5.32 Å². The first-order valence-electron chi connectivity index (χ1n) is 6.26. The Morgan fingerprint density at radius 3 is 2.62 bits per heavy atom. The highest BCUT2D eigenvalue weighted by atomic mass is 16.3. The molecular weight excluding hydrogens is 204 g/mol. The number of carbonyl (C=O) groups is 1. The van der Waals surface area contributed by atoms with Crippen molar-refractivity contribution in [2.75, 3.05) is 19.6 Å². The molecule has 4 heteroatoms. The van der Waals surface area contributed by atoms with Crippen molar-refractivity contribution in [3.05, 3.63) is 0 Å². The fourth-order valence-electron chi connectivity index (χ4n) is 2.62. The summed E-state index contributed by atoms with van der Waals surface area (Å²) in [6.07, 6.45) is 3.90. The molecule has 0 radical (unpaired) electrons. The molecule has 0 aromatic rings. The third-order valence-corrected chi connectivity index (χ3v) is 4.01. The van der Waals surface area contributed by atoms with Crippen LogP contribution in [0, 0.1) is 0 Å². The second-order valence-corrected chi connectivity index (χ2v) is 5.46. The van der Waals surface area contributed by atoms with Crippen molar-refractivity contribution >= 4 is 5.91 Å². The minimum Gasteiger partial charge on any atom is -0.386 e. The van der Waals surface area contributed by atoms with Crippen molar-refractivity contribution in [3.63, 3.8) is 0 Å². The number of aliphatic hydroxyl groups is 1. The first kappa shape index (κ1) is 11.9. The molecule has 2 aliphatic rings. The molecule has 92 valence electrons. The number of piperidine rings is 1. The lowest BCUT2D eigenvalue weighted by atomic mass is 9.85. The maximum atomic E-state index is 12.3. The minimum atomic E-state index is -0.624. The van der Waals surface area contributed by atoms with E-state index in [9.17, 15) is 9.90 Å². The first-order chi connectivity index (χ1) is 7.49. The molecule has 2 heterocycles.